The van der Waals surface area contributed by atoms with Gasteiger partial charge in [0.05, 0.1) is 0 Å². The van der Waals surface area contributed by atoms with Crippen molar-refractivity contribution < 1.29 is 0 Å². The first-order valence-corrected chi connectivity index (χ1v) is 6.45. The normalized spacial score (nSPS) is 25.1. The number of rotatable bonds is 3. The molecular weight excluding hydrogens is 170 g/mol. The lowest BCUT2D eigenvalue weighted by Gasteiger charge is -2.33. The zero-order valence-corrected chi connectivity index (χ0v) is 10.0. The molecule has 1 fully saturated rings. The molecule has 1 atom stereocenters. The van der Waals surface area contributed by atoms with Crippen molar-refractivity contribution in [3.05, 3.63) is 0 Å². The van der Waals surface area contributed by atoms with Gasteiger partial charge < -0.3 is 5.73 Å². The van der Waals surface area contributed by atoms with Gasteiger partial charge in [0.1, 0.15) is 0 Å². The molecule has 14 heavy (non-hydrogen) atoms. The summed E-state index contributed by atoms with van der Waals surface area (Å²) < 4.78 is 0. The highest BCUT2D eigenvalue weighted by Crippen LogP contribution is 2.30. The molecule has 0 aromatic carbocycles. The third-order valence-electron chi connectivity index (χ3n) is 3.80. The van der Waals surface area contributed by atoms with E-state index >= 15 is 0 Å². The zero-order chi connectivity index (χ0) is 10.4. The summed E-state index contributed by atoms with van der Waals surface area (Å²) in [5.41, 5.74) is 6.68. The topological polar surface area (TPSA) is 26.0 Å². The van der Waals surface area contributed by atoms with Crippen LogP contribution in [0.2, 0.25) is 0 Å². The molecule has 0 radical (unpaired) electrons. The van der Waals surface area contributed by atoms with Crippen molar-refractivity contribution in [2.75, 3.05) is 0 Å². The minimum absolute atomic E-state index is 0.176. The van der Waals surface area contributed by atoms with Gasteiger partial charge in [0.15, 0.2) is 0 Å². The van der Waals surface area contributed by atoms with E-state index in [0.717, 1.165) is 5.92 Å². The average molecular weight is 197 g/mol. The molecule has 84 valence electrons. The first-order chi connectivity index (χ1) is 6.66. The third-order valence-corrected chi connectivity index (χ3v) is 3.80. The minimum Gasteiger partial charge on any atom is -0.325 e. The molecular formula is C13H27N. The van der Waals surface area contributed by atoms with Crippen LogP contribution in [0.25, 0.3) is 0 Å². The van der Waals surface area contributed by atoms with Crippen molar-refractivity contribution in [2.24, 2.45) is 11.7 Å². The maximum absolute atomic E-state index is 6.50. The molecule has 1 saturated carbocycles. The van der Waals surface area contributed by atoms with Crippen molar-refractivity contribution in [1.29, 1.82) is 0 Å². The SMILES string of the molecule is CCC(C)CC1(N)CCCCCCC1. The Morgan fingerprint density at radius 1 is 1.07 bits per heavy atom. The molecule has 1 aliphatic rings. The molecule has 0 heterocycles. The van der Waals surface area contributed by atoms with Crippen LogP contribution < -0.4 is 5.73 Å². The van der Waals surface area contributed by atoms with Gasteiger partial charge in [-0.15, -0.1) is 0 Å². The summed E-state index contributed by atoms with van der Waals surface area (Å²) in [7, 11) is 0. The van der Waals surface area contributed by atoms with Crippen molar-refractivity contribution in [1.82, 2.24) is 0 Å². The van der Waals surface area contributed by atoms with Crippen LogP contribution in [0.4, 0.5) is 0 Å². The minimum atomic E-state index is 0.176. The molecule has 0 amide bonds. The maximum Gasteiger partial charge on any atom is 0.0156 e. The smallest absolute Gasteiger partial charge is 0.0156 e. The molecule has 0 aromatic rings. The lowest BCUT2D eigenvalue weighted by Crippen LogP contribution is -2.41. The standard InChI is InChI=1S/C13H27N/c1-3-12(2)11-13(14)9-7-5-4-6-8-10-13/h12H,3-11,14H2,1-2H3. The van der Waals surface area contributed by atoms with Crippen LogP contribution in [0.15, 0.2) is 0 Å². The number of hydrogen-bond acceptors (Lipinski definition) is 1. The number of nitrogens with two attached hydrogens (primary N) is 1. The van der Waals surface area contributed by atoms with E-state index < -0.39 is 0 Å². The Morgan fingerprint density at radius 3 is 2.07 bits per heavy atom. The predicted octanol–water partition coefficient (Wildman–Crippen LogP) is 3.86. The second kappa shape index (κ2) is 5.75. The van der Waals surface area contributed by atoms with E-state index in [4.69, 9.17) is 5.73 Å². The van der Waals surface area contributed by atoms with Crippen molar-refractivity contribution >= 4 is 0 Å². The van der Waals surface area contributed by atoms with Crippen molar-refractivity contribution in [3.63, 3.8) is 0 Å². The largest absolute Gasteiger partial charge is 0.325 e. The predicted molar refractivity (Wildman–Crippen MR) is 63.3 cm³/mol. The van der Waals surface area contributed by atoms with E-state index in [1.165, 1.54) is 57.8 Å². The molecule has 0 spiro atoms. The molecule has 1 aliphatic carbocycles. The Morgan fingerprint density at radius 2 is 1.57 bits per heavy atom. The monoisotopic (exact) mass is 197 g/mol. The Balaban J connectivity index is 2.41. The molecule has 0 aromatic heterocycles. The van der Waals surface area contributed by atoms with Crippen molar-refractivity contribution in [2.45, 2.75) is 77.2 Å². The fraction of sp³-hybridized carbons (Fsp3) is 1.00. The summed E-state index contributed by atoms with van der Waals surface area (Å²) in [6.07, 6.45) is 12.0. The van der Waals surface area contributed by atoms with Crippen LogP contribution >= 0.6 is 0 Å². The lowest BCUT2D eigenvalue weighted by atomic mass is 9.78. The first-order valence-electron chi connectivity index (χ1n) is 6.45. The first kappa shape index (κ1) is 12.0. The molecule has 1 heteroatoms. The van der Waals surface area contributed by atoms with Gasteiger partial charge in [-0.3, -0.25) is 0 Å². The summed E-state index contributed by atoms with van der Waals surface area (Å²) in [5.74, 6) is 0.805. The Labute approximate surface area is 89.5 Å². The van der Waals surface area contributed by atoms with Gasteiger partial charge in [0.25, 0.3) is 0 Å². The van der Waals surface area contributed by atoms with E-state index in [1.54, 1.807) is 0 Å². The van der Waals surface area contributed by atoms with Gasteiger partial charge in [-0.05, 0) is 25.2 Å². The van der Waals surface area contributed by atoms with Crippen molar-refractivity contribution in [3.8, 4) is 0 Å². The molecule has 0 saturated heterocycles. The molecule has 1 unspecified atom stereocenters. The Bertz CT molecular complexity index is 145. The van der Waals surface area contributed by atoms with E-state index in [0.29, 0.717) is 0 Å². The Kier molecular flexibility index (Phi) is 4.94. The second-order valence-corrected chi connectivity index (χ2v) is 5.35. The second-order valence-electron chi connectivity index (χ2n) is 5.35. The molecule has 0 aliphatic heterocycles. The number of hydrogen-bond donors (Lipinski definition) is 1. The highest BCUT2D eigenvalue weighted by molar-refractivity contribution is 4.86. The van der Waals surface area contributed by atoms with Gasteiger partial charge in [0.2, 0.25) is 0 Å². The maximum atomic E-state index is 6.50. The summed E-state index contributed by atoms with van der Waals surface area (Å²) in [5, 5.41) is 0. The van der Waals surface area contributed by atoms with E-state index in [9.17, 15) is 0 Å². The molecule has 1 nitrogen and oxygen atoms in total. The van der Waals surface area contributed by atoms with E-state index in [2.05, 4.69) is 13.8 Å². The summed E-state index contributed by atoms with van der Waals surface area (Å²) >= 11 is 0. The van der Waals surface area contributed by atoms with Gasteiger partial charge in [0, 0.05) is 5.54 Å². The van der Waals surface area contributed by atoms with Crippen LogP contribution in [0.5, 0.6) is 0 Å². The summed E-state index contributed by atoms with van der Waals surface area (Å²) in [4.78, 5) is 0. The fourth-order valence-electron chi connectivity index (χ4n) is 2.65. The summed E-state index contributed by atoms with van der Waals surface area (Å²) in [6, 6.07) is 0. The van der Waals surface area contributed by atoms with Crippen LogP contribution in [-0.2, 0) is 0 Å². The highest BCUT2D eigenvalue weighted by atomic mass is 14.7. The highest BCUT2D eigenvalue weighted by Gasteiger charge is 2.26. The van der Waals surface area contributed by atoms with Gasteiger partial charge in [-0.2, -0.15) is 0 Å². The van der Waals surface area contributed by atoms with Crippen LogP contribution in [0.3, 0.4) is 0 Å². The van der Waals surface area contributed by atoms with E-state index in [-0.39, 0.29) is 5.54 Å². The summed E-state index contributed by atoms with van der Waals surface area (Å²) in [6.45, 7) is 4.62. The lowest BCUT2D eigenvalue weighted by molar-refractivity contribution is 0.257. The average Bonchev–Trinajstić information content (AvgIpc) is 2.12. The van der Waals surface area contributed by atoms with Gasteiger partial charge in [-0.25, -0.2) is 0 Å². The van der Waals surface area contributed by atoms with Crippen LogP contribution in [-0.4, -0.2) is 5.54 Å². The fourth-order valence-corrected chi connectivity index (χ4v) is 2.65. The third kappa shape index (κ3) is 4.00. The van der Waals surface area contributed by atoms with Gasteiger partial charge in [-0.1, -0.05) is 52.4 Å². The molecule has 2 N–H and O–H groups in total. The van der Waals surface area contributed by atoms with Gasteiger partial charge >= 0.3 is 0 Å². The molecule has 0 bridgehead atoms. The van der Waals surface area contributed by atoms with Crippen LogP contribution in [0.1, 0.15) is 71.6 Å². The quantitative estimate of drug-likeness (QED) is 0.730. The van der Waals surface area contributed by atoms with Crippen LogP contribution in [0, 0.1) is 5.92 Å². The Hall–Kier alpha value is -0.0400. The zero-order valence-electron chi connectivity index (χ0n) is 10.0. The van der Waals surface area contributed by atoms with E-state index in [1.807, 2.05) is 0 Å². The molecule has 1 rings (SSSR count).